The first kappa shape index (κ1) is 23.6. The van der Waals surface area contributed by atoms with Crippen LogP contribution in [0.5, 0.6) is 0 Å². The molecule has 152 valence electrons. The molecule has 1 aromatic carbocycles. The minimum absolute atomic E-state index is 0. The summed E-state index contributed by atoms with van der Waals surface area (Å²) in [5.74, 6) is 0.860. The quantitative estimate of drug-likeness (QED) is 0.262. The summed E-state index contributed by atoms with van der Waals surface area (Å²) in [5, 5.41) is 18.9. The van der Waals surface area contributed by atoms with Crippen LogP contribution in [0, 0.1) is 0 Å². The zero-order valence-corrected chi connectivity index (χ0v) is 18.5. The van der Waals surface area contributed by atoms with E-state index in [1.165, 1.54) is 0 Å². The Morgan fingerprint density at radius 3 is 2.52 bits per heavy atom. The number of amides is 1. The van der Waals surface area contributed by atoms with Crippen LogP contribution in [0.25, 0.3) is 0 Å². The molecule has 0 unspecified atom stereocenters. The van der Waals surface area contributed by atoms with E-state index in [-0.39, 0.29) is 36.5 Å². The Hall–Kier alpha value is -1.39. The van der Waals surface area contributed by atoms with E-state index >= 15 is 0 Å². The first-order valence-electron chi connectivity index (χ1n) is 9.31. The zero-order chi connectivity index (χ0) is 18.8. The number of aliphatic hydroxyl groups is 1. The lowest BCUT2D eigenvalue weighted by atomic mass is 10.1. The molecule has 4 N–H and O–H groups in total. The van der Waals surface area contributed by atoms with Crippen molar-refractivity contribution in [2.75, 3.05) is 33.2 Å². The van der Waals surface area contributed by atoms with E-state index in [1.807, 2.05) is 31.2 Å². The molecule has 0 aromatic heterocycles. The van der Waals surface area contributed by atoms with Crippen LogP contribution in [0.2, 0.25) is 0 Å². The maximum atomic E-state index is 11.5. The van der Waals surface area contributed by atoms with Gasteiger partial charge in [0, 0.05) is 32.7 Å². The summed E-state index contributed by atoms with van der Waals surface area (Å²) < 4.78 is 0. The van der Waals surface area contributed by atoms with Crippen molar-refractivity contribution in [2.24, 2.45) is 4.99 Å². The lowest BCUT2D eigenvalue weighted by Gasteiger charge is -2.32. The fourth-order valence-corrected chi connectivity index (χ4v) is 3.06. The zero-order valence-electron chi connectivity index (χ0n) is 16.2. The van der Waals surface area contributed by atoms with E-state index in [9.17, 15) is 9.90 Å². The van der Waals surface area contributed by atoms with Gasteiger partial charge in [0.15, 0.2) is 5.96 Å². The molecule has 8 heteroatoms. The molecule has 1 aromatic rings. The first-order chi connectivity index (χ1) is 12.7. The summed E-state index contributed by atoms with van der Waals surface area (Å²) in [7, 11) is 1.67. The van der Waals surface area contributed by atoms with Gasteiger partial charge in [0.05, 0.1) is 19.7 Å². The normalized spacial score (nSPS) is 15.7. The molecular weight excluding hydrogens is 457 g/mol. The lowest BCUT2D eigenvalue weighted by molar-refractivity contribution is -0.122. The predicted molar refractivity (Wildman–Crippen MR) is 119 cm³/mol. The predicted octanol–water partition coefficient (Wildman–Crippen LogP) is 1.06. The van der Waals surface area contributed by atoms with Crippen molar-refractivity contribution in [3.63, 3.8) is 0 Å². The van der Waals surface area contributed by atoms with Gasteiger partial charge in [-0.1, -0.05) is 24.3 Å². The molecule has 0 aliphatic carbocycles. The number of rotatable bonds is 7. The van der Waals surface area contributed by atoms with Gasteiger partial charge in [-0.3, -0.25) is 9.69 Å². The molecular formula is C19H32IN5O2. The minimum Gasteiger partial charge on any atom is -0.392 e. The van der Waals surface area contributed by atoms with Crippen LogP contribution in [0.3, 0.4) is 0 Å². The number of likely N-dealkylation sites (N-methyl/N-ethyl adjacent to an activating group) is 1. The highest BCUT2D eigenvalue weighted by Crippen LogP contribution is 2.11. The van der Waals surface area contributed by atoms with Crippen LogP contribution in [0.4, 0.5) is 0 Å². The average Bonchev–Trinajstić information content (AvgIpc) is 2.67. The van der Waals surface area contributed by atoms with Crippen LogP contribution in [0.1, 0.15) is 30.9 Å². The number of hydrogen-bond acceptors (Lipinski definition) is 4. The van der Waals surface area contributed by atoms with Crippen molar-refractivity contribution >= 4 is 35.8 Å². The van der Waals surface area contributed by atoms with Crippen LogP contribution in [0.15, 0.2) is 29.3 Å². The number of halogens is 1. The van der Waals surface area contributed by atoms with Gasteiger partial charge < -0.3 is 21.1 Å². The van der Waals surface area contributed by atoms with Gasteiger partial charge in [-0.05, 0) is 30.9 Å². The number of guanidine groups is 1. The molecule has 1 amide bonds. The van der Waals surface area contributed by atoms with Crippen molar-refractivity contribution in [1.82, 2.24) is 20.9 Å². The van der Waals surface area contributed by atoms with E-state index in [0.29, 0.717) is 19.1 Å². The van der Waals surface area contributed by atoms with Gasteiger partial charge in [0.2, 0.25) is 5.91 Å². The highest BCUT2D eigenvalue weighted by Gasteiger charge is 2.21. The van der Waals surface area contributed by atoms with Gasteiger partial charge in [0.25, 0.3) is 0 Å². The second-order valence-corrected chi connectivity index (χ2v) is 6.49. The Morgan fingerprint density at radius 1 is 1.26 bits per heavy atom. The Bertz CT molecular complexity index is 604. The number of piperidine rings is 1. The van der Waals surface area contributed by atoms with Gasteiger partial charge in [-0.2, -0.15) is 0 Å². The van der Waals surface area contributed by atoms with Crippen molar-refractivity contribution in [1.29, 1.82) is 0 Å². The van der Waals surface area contributed by atoms with Gasteiger partial charge in [-0.25, -0.2) is 4.99 Å². The Balaban J connectivity index is 0.00000364. The van der Waals surface area contributed by atoms with Crippen LogP contribution in [-0.2, 0) is 17.9 Å². The molecule has 1 saturated heterocycles. The number of likely N-dealkylation sites (tertiary alicyclic amines) is 1. The molecule has 7 nitrogen and oxygen atoms in total. The monoisotopic (exact) mass is 489 g/mol. The smallest absolute Gasteiger partial charge is 0.233 e. The number of aliphatic hydroxyl groups excluding tert-OH is 1. The van der Waals surface area contributed by atoms with Crippen LogP contribution < -0.4 is 16.0 Å². The number of carbonyl (C=O) groups is 1. The Labute approximate surface area is 179 Å². The number of benzene rings is 1. The number of nitrogens with one attached hydrogen (secondary N) is 3. The second-order valence-electron chi connectivity index (χ2n) is 6.49. The summed E-state index contributed by atoms with van der Waals surface area (Å²) in [6, 6.07) is 8.16. The van der Waals surface area contributed by atoms with Crippen molar-refractivity contribution < 1.29 is 9.90 Å². The van der Waals surface area contributed by atoms with Crippen molar-refractivity contribution in [3.8, 4) is 0 Å². The van der Waals surface area contributed by atoms with Crippen LogP contribution in [-0.4, -0.2) is 61.1 Å². The third-order valence-electron chi connectivity index (χ3n) is 4.61. The topological polar surface area (TPSA) is 89.0 Å². The van der Waals surface area contributed by atoms with Gasteiger partial charge in [-0.15, -0.1) is 24.0 Å². The fraction of sp³-hybridized carbons (Fsp3) is 0.579. The molecule has 0 saturated carbocycles. The third kappa shape index (κ3) is 8.02. The molecule has 1 heterocycles. The van der Waals surface area contributed by atoms with Crippen LogP contribution >= 0.6 is 24.0 Å². The van der Waals surface area contributed by atoms with E-state index in [4.69, 9.17) is 0 Å². The number of aliphatic imine (C=N–C) groups is 1. The summed E-state index contributed by atoms with van der Waals surface area (Å²) >= 11 is 0. The van der Waals surface area contributed by atoms with E-state index < -0.39 is 0 Å². The maximum absolute atomic E-state index is 11.5. The highest BCUT2D eigenvalue weighted by atomic mass is 127. The lowest BCUT2D eigenvalue weighted by Crippen LogP contribution is -2.50. The summed E-state index contributed by atoms with van der Waals surface area (Å²) in [4.78, 5) is 18.3. The van der Waals surface area contributed by atoms with E-state index in [2.05, 4.69) is 25.8 Å². The van der Waals surface area contributed by atoms with Crippen molar-refractivity contribution in [3.05, 3.63) is 35.4 Å². The molecule has 1 fully saturated rings. The van der Waals surface area contributed by atoms with Gasteiger partial charge >= 0.3 is 0 Å². The molecule has 0 bridgehead atoms. The van der Waals surface area contributed by atoms with E-state index in [1.54, 1.807) is 7.05 Å². The standard InChI is InChI=1S/C19H31N5O2.HI/c1-3-21-19(22-12-15-6-4-5-7-16(15)14-25)23-17-8-10-24(11-9-17)13-18(26)20-2;/h4-7,17,25H,3,8-14H2,1-2H3,(H,20,26)(H2,21,22,23);1H. The maximum Gasteiger partial charge on any atom is 0.233 e. The summed E-state index contributed by atoms with van der Waals surface area (Å²) in [6.45, 7) is 5.67. The Kier molecular flexibility index (Phi) is 11.3. The summed E-state index contributed by atoms with van der Waals surface area (Å²) in [5.41, 5.74) is 1.95. The molecule has 1 aliphatic rings. The number of hydrogen-bond donors (Lipinski definition) is 4. The Morgan fingerprint density at radius 2 is 1.93 bits per heavy atom. The molecule has 0 radical (unpaired) electrons. The highest BCUT2D eigenvalue weighted by molar-refractivity contribution is 14.0. The summed E-state index contributed by atoms with van der Waals surface area (Å²) in [6.07, 6.45) is 1.96. The molecule has 0 spiro atoms. The SMILES string of the molecule is CCNC(=NCc1ccccc1CO)NC1CCN(CC(=O)NC)CC1.I. The molecule has 1 aliphatic heterocycles. The van der Waals surface area contributed by atoms with E-state index in [0.717, 1.165) is 49.6 Å². The third-order valence-corrected chi connectivity index (χ3v) is 4.61. The molecule has 27 heavy (non-hydrogen) atoms. The first-order valence-corrected chi connectivity index (χ1v) is 9.31. The van der Waals surface area contributed by atoms with Gasteiger partial charge in [0.1, 0.15) is 0 Å². The minimum atomic E-state index is 0. The average molecular weight is 489 g/mol. The molecule has 2 rings (SSSR count). The number of carbonyl (C=O) groups excluding carboxylic acids is 1. The molecule has 0 atom stereocenters. The van der Waals surface area contributed by atoms with Crippen molar-refractivity contribution in [2.45, 2.75) is 39.0 Å². The largest absolute Gasteiger partial charge is 0.392 e. The fourth-order valence-electron chi connectivity index (χ4n) is 3.06. The second kappa shape index (κ2) is 12.9. The number of nitrogens with zero attached hydrogens (tertiary/aromatic N) is 2.